The first-order valence-electron chi connectivity index (χ1n) is 26.0. The molecule has 0 N–H and O–H groups in total. The van der Waals surface area contributed by atoms with Crippen LogP contribution in [0.3, 0.4) is 0 Å². The van der Waals surface area contributed by atoms with Gasteiger partial charge < -0.3 is 18.3 Å². The number of fused-ring (bicyclic) bond motifs is 15. The van der Waals surface area contributed by atoms with Crippen molar-refractivity contribution in [3.8, 4) is 56.9 Å². The van der Waals surface area contributed by atoms with E-state index in [1.165, 1.54) is 21.5 Å². The number of hydrogen-bond donors (Lipinski definition) is 0. The summed E-state index contributed by atoms with van der Waals surface area (Å²) in [6, 6.07) is 88.9. The van der Waals surface area contributed by atoms with Crippen LogP contribution in [0.2, 0.25) is 0 Å². The standard InChI is InChI=1S/C69H41Br2N7/c70-45-33-35-59-54(39-45)55-40-46(71)34-36-60(55)75(59)49-37-44(69-73-67(42-19-5-1-6-20-42)72-68(74-69)43-21-7-2-8-22-43)38-50(41-49)78-58-32-18-15-29-53(58)63-65-61(51-27-13-16-30-56(51)76(65)47-23-9-3-10-24-47)64-62(66(63)78)52-28-14-17-31-57(52)77(64)48-25-11-4-12-26-48/h1-41H. The van der Waals surface area contributed by atoms with Crippen LogP contribution in [-0.4, -0.2) is 33.2 Å². The highest BCUT2D eigenvalue weighted by Crippen LogP contribution is 2.51. The molecule has 11 aromatic carbocycles. The highest BCUT2D eigenvalue weighted by molar-refractivity contribution is 9.10. The monoisotopic (exact) mass is 1130 g/mol. The van der Waals surface area contributed by atoms with Crippen LogP contribution < -0.4 is 0 Å². The van der Waals surface area contributed by atoms with Gasteiger partial charge in [0.2, 0.25) is 0 Å². The lowest BCUT2D eigenvalue weighted by Gasteiger charge is -2.17. The predicted molar refractivity (Wildman–Crippen MR) is 329 cm³/mol. The van der Waals surface area contributed by atoms with Crippen LogP contribution in [0.15, 0.2) is 258 Å². The van der Waals surface area contributed by atoms with Gasteiger partial charge in [0.1, 0.15) is 0 Å². The van der Waals surface area contributed by atoms with E-state index in [2.05, 4.69) is 262 Å². The van der Waals surface area contributed by atoms with Gasteiger partial charge in [-0.25, -0.2) is 15.0 Å². The Morgan fingerprint density at radius 3 is 0.974 bits per heavy atom. The number of benzene rings is 11. The van der Waals surface area contributed by atoms with Gasteiger partial charge in [-0.2, -0.15) is 0 Å². The fourth-order valence-corrected chi connectivity index (χ4v) is 13.0. The molecule has 16 rings (SSSR count). The van der Waals surface area contributed by atoms with Crippen LogP contribution in [0.25, 0.3) is 144 Å². The summed E-state index contributed by atoms with van der Waals surface area (Å²) < 4.78 is 11.9. The molecule has 0 atom stereocenters. The third-order valence-electron chi connectivity index (χ3n) is 15.4. The van der Waals surface area contributed by atoms with Crippen LogP contribution in [0.4, 0.5) is 0 Å². The molecular weight excluding hydrogens is 1090 g/mol. The zero-order valence-corrected chi connectivity index (χ0v) is 44.7. The number of halogens is 2. The molecule has 5 aromatic heterocycles. The summed E-state index contributed by atoms with van der Waals surface area (Å²) in [6.07, 6.45) is 0. The average molecular weight is 1130 g/mol. The number of para-hydroxylation sites is 5. The smallest absolute Gasteiger partial charge is 0.164 e. The van der Waals surface area contributed by atoms with Crippen LogP contribution in [0.1, 0.15) is 0 Å². The summed E-state index contributed by atoms with van der Waals surface area (Å²) in [5.74, 6) is 1.76. The fraction of sp³-hybridized carbons (Fsp3) is 0. The summed E-state index contributed by atoms with van der Waals surface area (Å²) in [5, 5.41) is 9.30. The van der Waals surface area contributed by atoms with Crippen molar-refractivity contribution in [3.05, 3.63) is 258 Å². The molecule has 0 aliphatic heterocycles. The van der Waals surface area contributed by atoms with Gasteiger partial charge in [0, 0.05) is 91.5 Å². The predicted octanol–water partition coefficient (Wildman–Crippen LogP) is 18.8. The van der Waals surface area contributed by atoms with E-state index in [9.17, 15) is 0 Å². The van der Waals surface area contributed by atoms with Crippen LogP contribution in [-0.2, 0) is 0 Å². The van der Waals surface area contributed by atoms with Crippen molar-refractivity contribution >= 4 is 119 Å². The van der Waals surface area contributed by atoms with Gasteiger partial charge in [0.25, 0.3) is 0 Å². The largest absolute Gasteiger partial charge is 0.309 e. The lowest BCUT2D eigenvalue weighted by atomic mass is 10.0. The van der Waals surface area contributed by atoms with Gasteiger partial charge in [-0.3, -0.25) is 0 Å². The highest BCUT2D eigenvalue weighted by atomic mass is 79.9. The Labute approximate surface area is 463 Å². The van der Waals surface area contributed by atoms with Gasteiger partial charge in [0.15, 0.2) is 17.5 Å². The van der Waals surface area contributed by atoms with Crippen molar-refractivity contribution in [2.24, 2.45) is 0 Å². The second-order valence-electron chi connectivity index (χ2n) is 19.8. The van der Waals surface area contributed by atoms with E-state index in [-0.39, 0.29) is 0 Å². The summed E-state index contributed by atoms with van der Waals surface area (Å²) >= 11 is 7.66. The first-order valence-corrected chi connectivity index (χ1v) is 27.6. The Morgan fingerprint density at radius 2 is 0.564 bits per heavy atom. The normalized spacial score (nSPS) is 12.0. The van der Waals surface area contributed by atoms with E-state index in [0.29, 0.717) is 17.5 Å². The summed E-state index contributed by atoms with van der Waals surface area (Å²) in [4.78, 5) is 15.9. The summed E-state index contributed by atoms with van der Waals surface area (Å²) in [7, 11) is 0. The minimum Gasteiger partial charge on any atom is -0.309 e. The third kappa shape index (κ3) is 6.78. The molecule has 0 fully saturated rings. The Kier molecular flexibility index (Phi) is 10.1. The van der Waals surface area contributed by atoms with Gasteiger partial charge in [-0.1, -0.05) is 184 Å². The first-order chi connectivity index (χ1) is 38.5. The molecule has 16 aromatic rings. The van der Waals surface area contributed by atoms with E-state index in [4.69, 9.17) is 15.0 Å². The van der Waals surface area contributed by atoms with Gasteiger partial charge >= 0.3 is 0 Å². The van der Waals surface area contributed by atoms with Gasteiger partial charge in [0.05, 0.1) is 44.1 Å². The lowest BCUT2D eigenvalue weighted by molar-refractivity contribution is 1.07. The lowest BCUT2D eigenvalue weighted by Crippen LogP contribution is -2.04. The molecule has 0 spiro atoms. The van der Waals surface area contributed by atoms with Crippen molar-refractivity contribution in [2.75, 3.05) is 0 Å². The maximum atomic E-state index is 5.40. The topological polar surface area (TPSA) is 58.4 Å². The van der Waals surface area contributed by atoms with Crippen molar-refractivity contribution in [2.45, 2.75) is 0 Å². The molecule has 0 unspecified atom stereocenters. The van der Waals surface area contributed by atoms with E-state index >= 15 is 0 Å². The minimum absolute atomic E-state index is 0.565. The minimum atomic E-state index is 0.565. The van der Waals surface area contributed by atoms with Gasteiger partial charge in [-0.05, 0) is 97.1 Å². The van der Waals surface area contributed by atoms with E-state index in [1.807, 2.05) is 36.4 Å². The molecule has 0 amide bonds. The molecule has 7 nitrogen and oxygen atoms in total. The number of hydrogen-bond acceptors (Lipinski definition) is 3. The first kappa shape index (κ1) is 44.8. The number of nitrogens with zero attached hydrogens (tertiary/aromatic N) is 7. The molecule has 0 radical (unpaired) electrons. The molecule has 0 saturated heterocycles. The molecule has 5 heterocycles. The van der Waals surface area contributed by atoms with E-state index in [1.54, 1.807) is 0 Å². The van der Waals surface area contributed by atoms with Crippen molar-refractivity contribution in [1.29, 1.82) is 0 Å². The second-order valence-corrected chi connectivity index (χ2v) is 21.7. The molecule has 0 aliphatic rings. The number of rotatable bonds is 7. The van der Waals surface area contributed by atoms with E-state index < -0.39 is 0 Å². The molecule has 0 aliphatic carbocycles. The fourth-order valence-electron chi connectivity index (χ4n) is 12.3. The summed E-state index contributed by atoms with van der Waals surface area (Å²) in [5.41, 5.74) is 15.7. The maximum Gasteiger partial charge on any atom is 0.164 e. The average Bonchev–Trinajstić information content (AvgIpc) is 4.09. The molecule has 0 bridgehead atoms. The molecule has 0 saturated carbocycles. The quantitative estimate of drug-likeness (QED) is 0.160. The van der Waals surface area contributed by atoms with Crippen molar-refractivity contribution in [1.82, 2.24) is 33.2 Å². The van der Waals surface area contributed by atoms with Crippen LogP contribution in [0.5, 0.6) is 0 Å². The number of aromatic nitrogens is 7. The molecule has 9 heteroatoms. The third-order valence-corrected chi connectivity index (χ3v) is 16.4. The zero-order chi connectivity index (χ0) is 51.6. The Morgan fingerprint density at radius 1 is 0.244 bits per heavy atom. The van der Waals surface area contributed by atoms with Crippen molar-refractivity contribution < 1.29 is 0 Å². The summed E-state index contributed by atoms with van der Waals surface area (Å²) in [6.45, 7) is 0. The van der Waals surface area contributed by atoms with Crippen molar-refractivity contribution in [3.63, 3.8) is 0 Å². The van der Waals surface area contributed by atoms with Crippen LogP contribution in [0, 0.1) is 0 Å². The van der Waals surface area contributed by atoms with E-state index in [0.717, 1.165) is 114 Å². The van der Waals surface area contributed by atoms with Crippen LogP contribution >= 0.6 is 31.9 Å². The molecular formula is C69H41Br2N7. The Bertz CT molecular complexity index is 4910. The zero-order valence-electron chi connectivity index (χ0n) is 41.6. The highest BCUT2D eigenvalue weighted by Gasteiger charge is 2.29. The SMILES string of the molecule is Brc1ccc2c(c1)c1cc(Br)ccc1n2-c1cc(-c2nc(-c3ccccc3)nc(-c3ccccc3)n2)cc(-n2c3ccccc3c3c4c(c5ccccc5n4-c4ccccc4)c4c(c5ccccc5n4-c4ccccc4)c32)c1. The Balaban J connectivity index is 1.13. The molecule has 78 heavy (non-hydrogen) atoms. The second kappa shape index (κ2) is 17.6. The maximum absolute atomic E-state index is 5.40. The van der Waals surface area contributed by atoms with Gasteiger partial charge in [-0.15, -0.1) is 0 Å². The Hall–Kier alpha value is -9.41. The molecule has 366 valence electrons.